The maximum absolute atomic E-state index is 10.0. The van der Waals surface area contributed by atoms with Crippen molar-refractivity contribution < 1.29 is 11.0 Å². The summed E-state index contributed by atoms with van der Waals surface area (Å²) in [4.78, 5) is 10.0. The molecule has 0 aromatic carbocycles. The number of hydrogen-bond acceptors (Lipinski definition) is 2. The van der Waals surface area contributed by atoms with Crippen molar-refractivity contribution in [3.8, 4) is 0 Å². The van der Waals surface area contributed by atoms with Crippen molar-refractivity contribution in [1.82, 2.24) is 0 Å². The molecule has 2 N–H and O–H groups in total. The maximum atomic E-state index is 10.0. The molecule has 0 aliphatic carbocycles. The number of hydrogen-bond donors (Lipinski definition) is 1. The van der Waals surface area contributed by atoms with Crippen LogP contribution in [0.3, 0.4) is 0 Å². The van der Waals surface area contributed by atoms with E-state index in [4.69, 9.17) is 5.73 Å². The SMILES string of the molecule is CC(C)(C)OC(N)=O.CCC.CCCCCCC(C)CC.[HH]. The van der Waals surface area contributed by atoms with Crippen molar-refractivity contribution in [2.45, 2.75) is 106 Å². The van der Waals surface area contributed by atoms with Crippen LogP contribution in [0.5, 0.6) is 0 Å². The summed E-state index contributed by atoms with van der Waals surface area (Å²) in [6.07, 6.45) is 9.00. The van der Waals surface area contributed by atoms with Crippen LogP contribution in [-0.4, -0.2) is 11.7 Å². The number of unbranched alkanes of at least 4 members (excludes halogenated alkanes) is 3. The molecule has 0 aliphatic heterocycles. The molecule has 0 heterocycles. The van der Waals surface area contributed by atoms with Crippen LogP contribution in [0.4, 0.5) is 4.79 Å². The summed E-state index contributed by atoms with van der Waals surface area (Å²) in [7, 11) is 0. The van der Waals surface area contributed by atoms with Gasteiger partial charge in [0.25, 0.3) is 0 Å². The van der Waals surface area contributed by atoms with Gasteiger partial charge >= 0.3 is 6.09 Å². The summed E-state index contributed by atoms with van der Waals surface area (Å²) in [6, 6.07) is 0. The van der Waals surface area contributed by atoms with Crippen LogP contribution in [0.15, 0.2) is 0 Å². The first kappa shape index (κ1) is 25.2. The number of rotatable bonds is 6. The summed E-state index contributed by atoms with van der Waals surface area (Å²) < 4.78 is 4.58. The molecule has 0 aromatic rings. The maximum Gasteiger partial charge on any atom is 0.405 e. The monoisotopic (exact) mass is 305 g/mol. The van der Waals surface area contributed by atoms with E-state index in [2.05, 4.69) is 39.4 Å². The summed E-state index contributed by atoms with van der Waals surface area (Å²) in [5.41, 5.74) is 4.26. The molecule has 3 heteroatoms. The zero-order chi connectivity index (χ0) is 17.3. The number of amides is 1. The third-order valence-corrected chi connectivity index (χ3v) is 2.65. The summed E-state index contributed by atoms with van der Waals surface area (Å²) in [6.45, 7) is 16.4. The first-order valence-electron chi connectivity index (χ1n) is 8.62. The van der Waals surface area contributed by atoms with Crippen molar-refractivity contribution >= 4 is 6.09 Å². The van der Waals surface area contributed by atoms with Gasteiger partial charge in [-0.25, -0.2) is 4.79 Å². The lowest BCUT2D eigenvalue weighted by molar-refractivity contribution is 0.0600. The van der Waals surface area contributed by atoms with Crippen molar-refractivity contribution in [2.75, 3.05) is 0 Å². The van der Waals surface area contributed by atoms with Gasteiger partial charge in [0.1, 0.15) is 5.60 Å². The van der Waals surface area contributed by atoms with Crippen LogP contribution in [0.1, 0.15) is 102 Å². The highest BCUT2D eigenvalue weighted by Gasteiger charge is 2.12. The smallest absolute Gasteiger partial charge is 0.405 e. The Labute approximate surface area is 135 Å². The van der Waals surface area contributed by atoms with E-state index in [9.17, 15) is 4.79 Å². The Hall–Kier alpha value is -0.730. The second-order valence-corrected chi connectivity index (χ2v) is 6.60. The third kappa shape index (κ3) is 38.2. The predicted molar refractivity (Wildman–Crippen MR) is 96.7 cm³/mol. The van der Waals surface area contributed by atoms with E-state index in [1.807, 2.05) is 0 Å². The van der Waals surface area contributed by atoms with Crippen LogP contribution in [0.2, 0.25) is 0 Å². The van der Waals surface area contributed by atoms with E-state index < -0.39 is 11.7 Å². The minimum Gasteiger partial charge on any atom is -0.444 e. The molecule has 0 bridgehead atoms. The fourth-order valence-electron chi connectivity index (χ4n) is 1.43. The Morgan fingerprint density at radius 1 is 1.10 bits per heavy atom. The topological polar surface area (TPSA) is 52.3 Å². The van der Waals surface area contributed by atoms with Gasteiger partial charge < -0.3 is 10.5 Å². The zero-order valence-electron chi connectivity index (χ0n) is 15.9. The van der Waals surface area contributed by atoms with E-state index >= 15 is 0 Å². The van der Waals surface area contributed by atoms with E-state index in [1.165, 1.54) is 44.9 Å². The lowest BCUT2D eigenvalue weighted by atomic mass is 10.0. The van der Waals surface area contributed by atoms with Gasteiger partial charge in [0.05, 0.1) is 0 Å². The molecular formula is C18H43NO2. The molecule has 0 aromatic heterocycles. The first-order valence-corrected chi connectivity index (χ1v) is 8.62. The number of ether oxygens (including phenoxy) is 1. The molecular weight excluding hydrogens is 262 g/mol. The number of nitrogens with two attached hydrogens (primary N) is 1. The van der Waals surface area contributed by atoms with Crippen LogP contribution < -0.4 is 5.73 Å². The molecule has 0 fully saturated rings. The zero-order valence-corrected chi connectivity index (χ0v) is 15.9. The average Bonchev–Trinajstić information content (AvgIpc) is 2.33. The molecule has 0 spiro atoms. The van der Waals surface area contributed by atoms with E-state index in [1.54, 1.807) is 20.8 Å². The summed E-state index contributed by atoms with van der Waals surface area (Å²) in [5.74, 6) is 0.955. The van der Waals surface area contributed by atoms with Gasteiger partial charge in [-0.05, 0) is 26.7 Å². The number of carbonyl (C=O) groups excluding carboxylic acids is 1. The molecule has 21 heavy (non-hydrogen) atoms. The predicted octanol–water partition coefficient (Wildman–Crippen LogP) is 6.55. The van der Waals surface area contributed by atoms with Gasteiger partial charge in [-0.15, -0.1) is 0 Å². The molecule has 0 rings (SSSR count). The minimum absolute atomic E-state index is 0. The lowest BCUT2D eigenvalue weighted by Gasteiger charge is -2.16. The second-order valence-electron chi connectivity index (χ2n) is 6.60. The highest BCUT2D eigenvalue weighted by molar-refractivity contribution is 5.65. The Morgan fingerprint density at radius 3 is 1.81 bits per heavy atom. The second kappa shape index (κ2) is 17.3. The van der Waals surface area contributed by atoms with Crippen molar-refractivity contribution in [2.24, 2.45) is 11.7 Å². The Morgan fingerprint density at radius 2 is 1.57 bits per heavy atom. The van der Waals surface area contributed by atoms with Crippen LogP contribution >= 0.6 is 0 Å². The standard InChI is InChI=1S/C10H22.C5H11NO2.C3H8.H2/c1-4-6-7-8-9-10(3)5-2;1-5(2,3)8-4(6)7;1-3-2;/h10H,4-9H2,1-3H3;1-3H3,(H2,6,7);3H2,1-2H3;1H. The van der Waals surface area contributed by atoms with Crippen LogP contribution in [0, 0.1) is 5.92 Å². The highest BCUT2D eigenvalue weighted by Crippen LogP contribution is 2.12. The van der Waals surface area contributed by atoms with Crippen molar-refractivity contribution in [1.29, 1.82) is 0 Å². The van der Waals surface area contributed by atoms with E-state index in [0.29, 0.717) is 0 Å². The number of primary amides is 1. The van der Waals surface area contributed by atoms with Crippen molar-refractivity contribution in [3.05, 3.63) is 0 Å². The summed E-state index contributed by atoms with van der Waals surface area (Å²) in [5, 5.41) is 0. The van der Waals surface area contributed by atoms with Gasteiger partial charge in [0.15, 0.2) is 0 Å². The lowest BCUT2D eigenvalue weighted by Crippen LogP contribution is -2.27. The number of carbonyl (C=O) groups is 1. The fraction of sp³-hybridized carbons (Fsp3) is 0.944. The van der Waals surface area contributed by atoms with Gasteiger partial charge in [0, 0.05) is 1.43 Å². The van der Waals surface area contributed by atoms with Gasteiger partial charge in [-0.1, -0.05) is 79.6 Å². The third-order valence-electron chi connectivity index (χ3n) is 2.65. The van der Waals surface area contributed by atoms with Gasteiger partial charge in [-0.2, -0.15) is 0 Å². The minimum atomic E-state index is -0.725. The normalized spacial score (nSPS) is 11.4. The Kier molecular flexibility index (Phi) is 20.8. The highest BCUT2D eigenvalue weighted by atomic mass is 16.6. The molecule has 0 aliphatic rings. The molecule has 3 nitrogen and oxygen atoms in total. The van der Waals surface area contributed by atoms with Crippen LogP contribution in [-0.2, 0) is 4.74 Å². The summed E-state index contributed by atoms with van der Waals surface area (Å²) >= 11 is 0. The molecule has 1 atom stereocenters. The van der Waals surface area contributed by atoms with Gasteiger partial charge in [-0.3, -0.25) is 0 Å². The average molecular weight is 306 g/mol. The molecule has 132 valence electrons. The molecule has 0 radical (unpaired) electrons. The molecule has 1 amide bonds. The Balaban J connectivity index is -0.000000122. The molecule has 0 saturated carbocycles. The fourth-order valence-corrected chi connectivity index (χ4v) is 1.43. The van der Waals surface area contributed by atoms with Crippen molar-refractivity contribution in [3.63, 3.8) is 0 Å². The molecule has 0 saturated heterocycles. The van der Waals surface area contributed by atoms with E-state index in [0.717, 1.165) is 5.92 Å². The molecule has 1 unspecified atom stereocenters. The van der Waals surface area contributed by atoms with Crippen LogP contribution in [0.25, 0.3) is 0 Å². The quantitative estimate of drug-likeness (QED) is 0.566. The van der Waals surface area contributed by atoms with E-state index in [-0.39, 0.29) is 1.43 Å². The largest absolute Gasteiger partial charge is 0.444 e. The van der Waals surface area contributed by atoms with Gasteiger partial charge in [0.2, 0.25) is 0 Å². The Bertz CT molecular complexity index is 216. The first-order chi connectivity index (χ1) is 9.64.